The van der Waals surface area contributed by atoms with E-state index in [4.69, 9.17) is 4.42 Å². The molecule has 0 radical (unpaired) electrons. The smallest absolute Gasteiger partial charge is 0.237 e. The van der Waals surface area contributed by atoms with Crippen molar-refractivity contribution in [2.24, 2.45) is 0 Å². The van der Waals surface area contributed by atoms with Crippen LogP contribution < -0.4 is 5.32 Å². The summed E-state index contributed by atoms with van der Waals surface area (Å²) in [6.45, 7) is 5.84. The first-order valence-corrected chi connectivity index (χ1v) is 7.86. The third kappa shape index (κ3) is 5.53. The summed E-state index contributed by atoms with van der Waals surface area (Å²) in [6.07, 6.45) is 0.975. The van der Waals surface area contributed by atoms with Gasteiger partial charge in [0, 0.05) is 6.54 Å². The van der Waals surface area contributed by atoms with Crippen molar-refractivity contribution in [3.05, 3.63) is 59.3 Å². The highest BCUT2D eigenvalue weighted by Gasteiger charge is 2.16. The zero-order chi connectivity index (χ0) is 16.7. The Bertz CT molecular complexity index is 622. The number of furan rings is 1. The number of nitrogens with zero attached hydrogens (tertiary/aromatic N) is 1. The Hall–Kier alpha value is -2.14. The van der Waals surface area contributed by atoms with Crippen molar-refractivity contribution < 1.29 is 13.6 Å². The van der Waals surface area contributed by atoms with Crippen molar-refractivity contribution in [3.8, 4) is 0 Å². The number of rotatable bonds is 8. The second-order valence-corrected chi connectivity index (χ2v) is 5.57. The van der Waals surface area contributed by atoms with Crippen molar-refractivity contribution in [1.82, 2.24) is 10.2 Å². The van der Waals surface area contributed by atoms with E-state index in [2.05, 4.69) is 12.2 Å². The Kier molecular flexibility index (Phi) is 6.35. The van der Waals surface area contributed by atoms with E-state index in [1.807, 2.05) is 19.1 Å². The zero-order valence-electron chi connectivity index (χ0n) is 13.6. The van der Waals surface area contributed by atoms with E-state index in [0.29, 0.717) is 13.1 Å². The molecule has 0 aliphatic heterocycles. The average molecular weight is 318 g/mol. The van der Waals surface area contributed by atoms with Crippen molar-refractivity contribution in [1.29, 1.82) is 0 Å². The van der Waals surface area contributed by atoms with Crippen LogP contribution in [0.15, 0.2) is 40.8 Å². The topological polar surface area (TPSA) is 45.5 Å². The molecule has 1 heterocycles. The lowest BCUT2D eigenvalue weighted by Gasteiger charge is -2.22. The summed E-state index contributed by atoms with van der Waals surface area (Å²) in [6, 6.07) is 9.96. The van der Waals surface area contributed by atoms with Gasteiger partial charge in [-0.1, -0.05) is 19.1 Å². The number of amides is 1. The highest BCUT2D eigenvalue weighted by atomic mass is 19.1. The molecule has 0 atom stereocenters. The molecule has 2 rings (SSSR count). The van der Waals surface area contributed by atoms with Crippen LogP contribution in [0.4, 0.5) is 4.39 Å². The number of carbonyl (C=O) groups excluding carboxylic acids is 1. The molecule has 1 aromatic carbocycles. The Morgan fingerprint density at radius 3 is 2.52 bits per heavy atom. The number of carbonyl (C=O) groups is 1. The Labute approximate surface area is 136 Å². The molecule has 5 heteroatoms. The van der Waals surface area contributed by atoms with Gasteiger partial charge in [-0.15, -0.1) is 0 Å². The fraction of sp³-hybridized carbons (Fsp3) is 0.389. The summed E-state index contributed by atoms with van der Waals surface area (Å²) >= 11 is 0. The predicted octanol–water partition coefficient (Wildman–Crippen LogP) is 3.26. The number of hydrogen-bond acceptors (Lipinski definition) is 3. The van der Waals surface area contributed by atoms with E-state index in [1.165, 1.54) is 12.1 Å². The van der Waals surface area contributed by atoms with Crippen LogP contribution in [-0.4, -0.2) is 23.9 Å². The summed E-state index contributed by atoms with van der Waals surface area (Å²) in [4.78, 5) is 14.2. The molecule has 0 saturated carbocycles. The molecule has 0 fully saturated rings. The molecule has 0 spiro atoms. The largest absolute Gasteiger partial charge is 0.464 e. The van der Waals surface area contributed by atoms with Crippen LogP contribution in [-0.2, 0) is 17.9 Å². The molecule has 0 aliphatic rings. The third-order valence-corrected chi connectivity index (χ3v) is 3.49. The minimum Gasteiger partial charge on any atom is -0.464 e. The second-order valence-electron chi connectivity index (χ2n) is 5.57. The lowest BCUT2D eigenvalue weighted by molar-refractivity contribution is -0.131. The minimum absolute atomic E-state index is 0.00294. The molecule has 124 valence electrons. The number of hydrogen-bond donors (Lipinski definition) is 1. The van der Waals surface area contributed by atoms with Crippen molar-refractivity contribution in [2.45, 2.75) is 33.4 Å². The fourth-order valence-electron chi connectivity index (χ4n) is 2.28. The van der Waals surface area contributed by atoms with Gasteiger partial charge in [-0.3, -0.25) is 4.79 Å². The van der Waals surface area contributed by atoms with E-state index < -0.39 is 0 Å². The van der Waals surface area contributed by atoms with E-state index >= 15 is 0 Å². The molecule has 4 nitrogen and oxygen atoms in total. The molecule has 1 aromatic heterocycles. The van der Waals surface area contributed by atoms with Crippen LogP contribution in [0, 0.1) is 12.7 Å². The van der Waals surface area contributed by atoms with Gasteiger partial charge in [-0.25, -0.2) is 4.39 Å². The summed E-state index contributed by atoms with van der Waals surface area (Å²) < 4.78 is 18.6. The van der Waals surface area contributed by atoms with Crippen molar-refractivity contribution in [2.75, 3.05) is 13.1 Å². The molecular formula is C18H23FN2O2. The highest BCUT2D eigenvalue weighted by Crippen LogP contribution is 2.13. The summed E-state index contributed by atoms with van der Waals surface area (Å²) in [5.41, 5.74) is 0.888. The average Bonchev–Trinajstić information content (AvgIpc) is 2.94. The maximum Gasteiger partial charge on any atom is 0.237 e. The Morgan fingerprint density at radius 2 is 1.91 bits per heavy atom. The molecule has 1 amide bonds. The van der Waals surface area contributed by atoms with Crippen LogP contribution in [0.5, 0.6) is 0 Å². The summed E-state index contributed by atoms with van der Waals surface area (Å²) in [7, 11) is 0. The molecule has 0 bridgehead atoms. The molecular weight excluding hydrogens is 295 g/mol. The van der Waals surface area contributed by atoms with Crippen molar-refractivity contribution in [3.63, 3.8) is 0 Å². The molecule has 1 N–H and O–H groups in total. The van der Waals surface area contributed by atoms with Gasteiger partial charge in [0.1, 0.15) is 17.3 Å². The molecule has 23 heavy (non-hydrogen) atoms. The maximum atomic E-state index is 13.0. The van der Waals surface area contributed by atoms with E-state index in [-0.39, 0.29) is 18.3 Å². The SMILES string of the molecule is CCCNCC(=O)N(Cc1ccc(F)cc1)Cc1ccc(C)o1. The normalized spacial score (nSPS) is 10.7. The first-order chi connectivity index (χ1) is 11.1. The van der Waals surface area contributed by atoms with Crippen LogP contribution in [0.3, 0.4) is 0 Å². The predicted molar refractivity (Wildman–Crippen MR) is 87.3 cm³/mol. The molecule has 0 saturated heterocycles. The standard InChI is InChI=1S/C18H23FN2O2/c1-3-10-20-11-18(22)21(13-17-9-4-14(2)23-17)12-15-5-7-16(19)8-6-15/h4-9,20H,3,10-13H2,1-2H3. The number of nitrogens with one attached hydrogen (secondary N) is 1. The lowest BCUT2D eigenvalue weighted by atomic mass is 10.2. The van der Waals surface area contributed by atoms with Crippen LogP contribution in [0.2, 0.25) is 0 Å². The molecule has 0 aliphatic carbocycles. The van der Waals surface area contributed by atoms with Crippen LogP contribution >= 0.6 is 0 Å². The van der Waals surface area contributed by atoms with Crippen LogP contribution in [0.1, 0.15) is 30.4 Å². The minimum atomic E-state index is -0.280. The van der Waals surface area contributed by atoms with Gasteiger partial charge < -0.3 is 14.6 Å². The first kappa shape index (κ1) is 17.2. The van der Waals surface area contributed by atoms with Gasteiger partial charge in [0.05, 0.1) is 13.1 Å². The fourth-order valence-corrected chi connectivity index (χ4v) is 2.28. The molecule has 0 unspecified atom stereocenters. The second kappa shape index (κ2) is 8.48. The van der Waals surface area contributed by atoms with Crippen molar-refractivity contribution >= 4 is 5.91 Å². The number of halogens is 1. The number of benzene rings is 1. The lowest BCUT2D eigenvalue weighted by Crippen LogP contribution is -2.37. The number of aryl methyl sites for hydroxylation is 1. The van der Waals surface area contributed by atoms with Crippen LogP contribution in [0.25, 0.3) is 0 Å². The monoisotopic (exact) mass is 318 g/mol. The Morgan fingerprint density at radius 1 is 1.17 bits per heavy atom. The third-order valence-electron chi connectivity index (χ3n) is 3.49. The highest BCUT2D eigenvalue weighted by molar-refractivity contribution is 5.78. The summed E-state index contributed by atoms with van der Waals surface area (Å²) in [5, 5.41) is 3.12. The van der Waals surface area contributed by atoms with Gasteiger partial charge in [-0.05, 0) is 49.7 Å². The van der Waals surface area contributed by atoms with Gasteiger partial charge in [0.2, 0.25) is 5.91 Å². The first-order valence-electron chi connectivity index (χ1n) is 7.86. The summed E-state index contributed by atoms with van der Waals surface area (Å²) in [5.74, 6) is 1.28. The van der Waals surface area contributed by atoms with Gasteiger partial charge >= 0.3 is 0 Å². The molecule has 2 aromatic rings. The van der Waals surface area contributed by atoms with E-state index in [0.717, 1.165) is 30.0 Å². The maximum absolute atomic E-state index is 13.0. The zero-order valence-corrected chi connectivity index (χ0v) is 13.6. The van der Waals surface area contributed by atoms with Gasteiger partial charge in [0.15, 0.2) is 0 Å². The van der Waals surface area contributed by atoms with Gasteiger partial charge in [-0.2, -0.15) is 0 Å². The Balaban J connectivity index is 2.06. The van der Waals surface area contributed by atoms with E-state index in [9.17, 15) is 9.18 Å². The quantitative estimate of drug-likeness (QED) is 0.760. The van der Waals surface area contributed by atoms with E-state index in [1.54, 1.807) is 17.0 Å². The van der Waals surface area contributed by atoms with Gasteiger partial charge in [0.25, 0.3) is 0 Å².